The van der Waals surface area contributed by atoms with Gasteiger partial charge in [0.1, 0.15) is 17.1 Å². The van der Waals surface area contributed by atoms with E-state index in [2.05, 4.69) is 15.2 Å². The van der Waals surface area contributed by atoms with Crippen LogP contribution in [0.5, 0.6) is 5.75 Å². The first-order valence-corrected chi connectivity index (χ1v) is 14.2. The van der Waals surface area contributed by atoms with Crippen molar-refractivity contribution in [3.63, 3.8) is 0 Å². The van der Waals surface area contributed by atoms with Gasteiger partial charge in [0.25, 0.3) is 5.78 Å². The van der Waals surface area contributed by atoms with Gasteiger partial charge in [0.15, 0.2) is 10.1 Å². The van der Waals surface area contributed by atoms with Crippen molar-refractivity contribution < 1.29 is 19.8 Å². The van der Waals surface area contributed by atoms with Gasteiger partial charge in [0, 0.05) is 17.0 Å². The van der Waals surface area contributed by atoms with Crippen LogP contribution in [0.15, 0.2) is 82.8 Å². The molecule has 1 amide bonds. The van der Waals surface area contributed by atoms with E-state index in [1.165, 1.54) is 28.8 Å². The lowest BCUT2D eigenvalue weighted by Crippen LogP contribution is -2.29. The molecule has 0 radical (unpaired) electrons. The number of hydrogen-bond donors (Lipinski definition) is 2. The lowest BCUT2D eigenvalue weighted by molar-refractivity contribution is -0.132. The standard InChI is InChI=1S/C28H20ClN5O4S2/c1-15-22(33-12-3-2-7-20(33)30-15)24(36)21-23(17-5-4-6-19(35)13-17)34(26(38)25(21)37)27-31-32-28(40-27)39-14-16-8-10-18(29)11-9-16/h2-13,23,35-36H,14H2,1H3. The number of halogens is 1. The number of hydrogen-bond acceptors (Lipinski definition) is 9. The SMILES string of the molecule is Cc1nc2ccccn2c1C(O)=C1C(=O)C(=O)N(c2nnc(SCc3ccc(Cl)cc3)s2)C1c1cccc(O)c1. The zero-order chi connectivity index (χ0) is 28.0. The third-order valence-electron chi connectivity index (χ3n) is 6.44. The minimum atomic E-state index is -1.05. The van der Waals surface area contributed by atoms with E-state index in [0.29, 0.717) is 37.7 Å². The Morgan fingerprint density at radius 3 is 2.65 bits per heavy atom. The van der Waals surface area contributed by atoms with Crippen molar-refractivity contribution in [1.82, 2.24) is 19.6 Å². The van der Waals surface area contributed by atoms with Crippen molar-refractivity contribution in [2.75, 3.05) is 4.90 Å². The molecule has 1 aliphatic rings. The van der Waals surface area contributed by atoms with E-state index in [0.717, 1.165) is 16.9 Å². The average molecular weight is 590 g/mol. The first kappa shape index (κ1) is 26.1. The second-order valence-electron chi connectivity index (χ2n) is 9.00. The van der Waals surface area contributed by atoms with Gasteiger partial charge in [-0.2, -0.15) is 0 Å². The zero-order valence-corrected chi connectivity index (χ0v) is 23.2. The first-order valence-electron chi connectivity index (χ1n) is 12.1. The number of pyridine rings is 1. The largest absolute Gasteiger partial charge is 0.508 e. The van der Waals surface area contributed by atoms with Crippen molar-refractivity contribution in [2.24, 2.45) is 0 Å². The molecule has 0 spiro atoms. The van der Waals surface area contributed by atoms with Crippen LogP contribution in [0.2, 0.25) is 5.02 Å². The Kier molecular flexibility index (Phi) is 6.78. The van der Waals surface area contributed by atoms with E-state index in [9.17, 15) is 19.8 Å². The maximum atomic E-state index is 13.5. The molecule has 6 rings (SSSR count). The van der Waals surface area contributed by atoms with Gasteiger partial charge >= 0.3 is 5.91 Å². The summed E-state index contributed by atoms with van der Waals surface area (Å²) in [4.78, 5) is 32.7. The summed E-state index contributed by atoms with van der Waals surface area (Å²) in [7, 11) is 0. The van der Waals surface area contributed by atoms with Crippen LogP contribution >= 0.6 is 34.7 Å². The number of benzene rings is 2. The lowest BCUT2D eigenvalue weighted by Gasteiger charge is -2.22. The summed E-state index contributed by atoms with van der Waals surface area (Å²) in [6, 6.07) is 18.0. The number of aromatic hydroxyl groups is 1. The number of nitrogens with zero attached hydrogens (tertiary/aromatic N) is 5. The molecule has 1 fully saturated rings. The van der Waals surface area contributed by atoms with Gasteiger partial charge in [-0.3, -0.25) is 18.9 Å². The number of Topliss-reactive ketones (excluding diaryl/α,β-unsaturated/α-hetero) is 1. The molecule has 200 valence electrons. The first-order chi connectivity index (χ1) is 19.3. The van der Waals surface area contributed by atoms with Crippen LogP contribution in [0.4, 0.5) is 5.13 Å². The van der Waals surface area contributed by atoms with E-state index in [1.54, 1.807) is 41.8 Å². The third-order valence-corrected chi connectivity index (χ3v) is 8.82. The number of aromatic nitrogens is 4. The molecule has 1 aliphatic heterocycles. The molecule has 0 aliphatic carbocycles. The normalized spacial score (nSPS) is 16.8. The number of aryl methyl sites for hydroxylation is 1. The summed E-state index contributed by atoms with van der Waals surface area (Å²) >= 11 is 8.57. The minimum Gasteiger partial charge on any atom is -0.508 e. The van der Waals surface area contributed by atoms with Gasteiger partial charge in [-0.05, 0) is 54.4 Å². The Morgan fingerprint density at radius 2 is 1.88 bits per heavy atom. The Morgan fingerprint density at radius 1 is 1.07 bits per heavy atom. The number of phenolic OH excluding ortho intramolecular Hbond substituents is 1. The highest BCUT2D eigenvalue weighted by Gasteiger charge is 2.49. The fraction of sp³-hybridized carbons (Fsp3) is 0.107. The number of aliphatic hydroxyl groups excluding tert-OH is 1. The van der Waals surface area contributed by atoms with Crippen LogP contribution in [0.25, 0.3) is 11.4 Å². The smallest absolute Gasteiger partial charge is 0.301 e. The number of carbonyl (C=O) groups is 2. The Balaban J connectivity index is 1.43. The molecule has 1 atom stereocenters. The summed E-state index contributed by atoms with van der Waals surface area (Å²) in [5.74, 6) is -1.54. The highest BCUT2D eigenvalue weighted by atomic mass is 35.5. The maximum absolute atomic E-state index is 13.5. The summed E-state index contributed by atoms with van der Waals surface area (Å²) in [5, 5.41) is 31.1. The molecule has 2 N–H and O–H groups in total. The van der Waals surface area contributed by atoms with E-state index in [-0.39, 0.29) is 22.2 Å². The number of phenols is 1. The highest BCUT2D eigenvalue weighted by Crippen LogP contribution is 2.44. The maximum Gasteiger partial charge on any atom is 0.301 e. The molecule has 2 aromatic carbocycles. The zero-order valence-electron chi connectivity index (χ0n) is 20.9. The van der Waals surface area contributed by atoms with Gasteiger partial charge in [-0.15, -0.1) is 10.2 Å². The predicted molar refractivity (Wildman–Crippen MR) is 154 cm³/mol. The van der Waals surface area contributed by atoms with Gasteiger partial charge < -0.3 is 10.2 Å². The van der Waals surface area contributed by atoms with Crippen LogP contribution in [0.3, 0.4) is 0 Å². The Hall–Kier alpha value is -4.19. The summed E-state index contributed by atoms with van der Waals surface area (Å²) in [5.41, 5.74) is 2.70. The highest BCUT2D eigenvalue weighted by molar-refractivity contribution is 8.00. The summed E-state index contributed by atoms with van der Waals surface area (Å²) < 4.78 is 2.26. The number of ketones is 1. The monoisotopic (exact) mass is 589 g/mol. The third kappa shape index (κ3) is 4.61. The number of imidazole rings is 1. The molecule has 0 saturated carbocycles. The molecule has 40 heavy (non-hydrogen) atoms. The summed E-state index contributed by atoms with van der Waals surface area (Å²) in [6.45, 7) is 1.72. The Labute approximate surface area is 241 Å². The fourth-order valence-corrected chi connectivity index (χ4v) is 6.60. The van der Waals surface area contributed by atoms with Crippen molar-refractivity contribution >= 4 is 62.9 Å². The van der Waals surface area contributed by atoms with Crippen molar-refractivity contribution in [2.45, 2.75) is 23.1 Å². The molecule has 9 nitrogen and oxygen atoms in total. The van der Waals surface area contributed by atoms with Crippen LogP contribution in [0, 0.1) is 6.92 Å². The minimum absolute atomic E-state index is 0.0504. The van der Waals surface area contributed by atoms with Crippen molar-refractivity contribution in [1.29, 1.82) is 0 Å². The average Bonchev–Trinajstić information content (AvgIpc) is 3.62. The summed E-state index contributed by atoms with van der Waals surface area (Å²) in [6.07, 6.45) is 1.72. The van der Waals surface area contributed by atoms with Gasteiger partial charge in [0.05, 0.1) is 17.3 Å². The van der Waals surface area contributed by atoms with Crippen LogP contribution in [-0.4, -0.2) is 41.5 Å². The van der Waals surface area contributed by atoms with Crippen LogP contribution in [0.1, 0.15) is 28.6 Å². The van der Waals surface area contributed by atoms with E-state index < -0.39 is 17.7 Å². The van der Waals surface area contributed by atoms with Crippen molar-refractivity contribution in [3.05, 3.63) is 106 Å². The molecular weight excluding hydrogens is 570 g/mol. The van der Waals surface area contributed by atoms with Gasteiger partial charge in [-0.1, -0.05) is 65.0 Å². The molecular formula is C28H20ClN5O4S2. The van der Waals surface area contributed by atoms with Crippen molar-refractivity contribution in [3.8, 4) is 5.75 Å². The van der Waals surface area contributed by atoms with E-state index in [1.807, 2.05) is 30.3 Å². The second-order valence-corrected chi connectivity index (χ2v) is 11.6. The van der Waals surface area contributed by atoms with Crippen LogP contribution in [-0.2, 0) is 15.3 Å². The van der Waals surface area contributed by atoms with Crippen LogP contribution < -0.4 is 4.90 Å². The molecule has 0 bridgehead atoms. The second kappa shape index (κ2) is 10.4. The van der Waals surface area contributed by atoms with E-state index in [4.69, 9.17) is 11.6 Å². The molecule has 3 aromatic heterocycles. The molecule has 5 aromatic rings. The Bertz CT molecular complexity index is 1820. The van der Waals surface area contributed by atoms with Gasteiger partial charge in [0.2, 0.25) is 5.13 Å². The molecule has 4 heterocycles. The van der Waals surface area contributed by atoms with Gasteiger partial charge in [-0.25, -0.2) is 4.98 Å². The number of aliphatic hydroxyl groups is 1. The van der Waals surface area contributed by atoms with E-state index >= 15 is 0 Å². The topological polar surface area (TPSA) is 121 Å². The predicted octanol–water partition coefficient (Wildman–Crippen LogP) is 5.77. The quantitative estimate of drug-likeness (QED) is 0.0841. The molecule has 12 heteroatoms. The molecule has 1 saturated heterocycles. The lowest BCUT2D eigenvalue weighted by atomic mass is 9.96. The fourth-order valence-electron chi connectivity index (χ4n) is 4.65. The molecule has 1 unspecified atom stereocenters. The number of fused-ring (bicyclic) bond motifs is 1. The number of anilines is 1. The number of amides is 1. The number of carbonyl (C=O) groups excluding carboxylic acids is 2. The number of thioether (sulfide) groups is 1. The number of rotatable bonds is 6.